The molecule has 0 bridgehead atoms. The minimum Gasteiger partial charge on any atom is -0.492 e. The summed E-state index contributed by atoms with van der Waals surface area (Å²) in [7, 11) is 0. The highest BCUT2D eigenvalue weighted by atomic mass is 35.5. The van der Waals surface area contributed by atoms with Crippen LogP contribution in [-0.2, 0) is 11.3 Å². The summed E-state index contributed by atoms with van der Waals surface area (Å²) in [6, 6.07) is 23.6. The van der Waals surface area contributed by atoms with Crippen LogP contribution in [0.3, 0.4) is 0 Å². The van der Waals surface area contributed by atoms with E-state index < -0.39 is 0 Å². The predicted molar refractivity (Wildman–Crippen MR) is 128 cm³/mol. The highest BCUT2D eigenvalue weighted by Crippen LogP contribution is 2.33. The van der Waals surface area contributed by atoms with Gasteiger partial charge >= 0.3 is 0 Å². The third-order valence-corrected chi connectivity index (χ3v) is 6.14. The van der Waals surface area contributed by atoms with Gasteiger partial charge in [0.25, 0.3) is 0 Å². The Hall–Kier alpha value is -3.31. The lowest BCUT2D eigenvalue weighted by molar-refractivity contribution is -0.117. The van der Waals surface area contributed by atoms with Gasteiger partial charge < -0.3 is 14.2 Å². The van der Waals surface area contributed by atoms with Crippen molar-refractivity contribution in [1.82, 2.24) is 9.55 Å². The summed E-state index contributed by atoms with van der Waals surface area (Å²) in [5, 5.41) is 0.685. The number of nitrogens with zero attached hydrogens (tertiary/aromatic N) is 3. The van der Waals surface area contributed by atoms with Crippen LogP contribution in [-0.4, -0.2) is 28.6 Å². The number of imidazole rings is 1. The summed E-state index contributed by atoms with van der Waals surface area (Å²) in [5.41, 5.74) is 4.09. The molecular formula is C26H24ClN3O2. The molecule has 5 rings (SSSR count). The van der Waals surface area contributed by atoms with E-state index in [4.69, 9.17) is 21.3 Å². The number of amides is 1. The molecule has 0 saturated carbocycles. The molecule has 2 heterocycles. The maximum atomic E-state index is 12.9. The number of benzene rings is 3. The van der Waals surface area contributed by atoms with E-state index in [2.05, 4.69) is 16.7 Å². The number of carbonyl (C=O) groups excluding carboxylic acids is 1. The molecule has 0 radical (unpaired) electrons. The number of rotatable bonds is 6. The Bertz CT molecular complexity index is 1270. The Labute approximate surface area is 192 Å². The van der Waals surface area contributed by atoms with Gasteiger partial charge in [-0.25, -0.2) is 4.98 Å². The quantitative estimate of drug-likeness (QED) is 0.388. The monoisotopic (exact) mass is 445 g/mol. The van der Waals surface area contributed by atoms with Crippen LogP contribution in [0.1, 0.15) is 23.7 Å². The Morgan fingerprint density at radius 1 is 1.06 bits per heavy atom. The molecule has 1 saturated heterocycles. The van der Waals surface area contributed by atoms with E-state index in [1.165, 1.54) is 0 Å². The van der Waals surface area contributed by atoms with Crippen LogP contribution in [0.15, 0.2) is 72.8 Å². The molecule has 3 aromatic carbocycles. The number of carbonyl (C=O) groups is 1. The van der Waals surface area contributed by atoms with Crippen molar-refractivity contribution >= 4 is 34.2 Å². The number of aromatic nitrogens is 2. The summed E-state index contributed by atoms with van der Waals surface area (Å²) in [6.07, 6.45) is 0.454. The molecule has 1 aromatic heterocycles. The number of ether oxygens (including phenoxy) is 1. The molecule has 6 heteroatoms. The van der Waals surface area contributed by atoms with Gasteiger partial charge in [0.1, 0.15) is 18.2 Å². The number of para-hydroxylation sites is 2. The molecule has 1 aliphatic heterocycles. The number of aryl methyl sites for hydroxylation is 1. The number of fused-ring (bicyclic) bond motifs is 1. The van der Waals surface area contributed by atoms with Crippen LogP contribution >= 0.6 is 11.6 Å². The average molecular weight is 446 g/mol. The molecule has 5 nitrogen and oxygen atoms in total. The first-order chi connectivity index (χ1) is 15.6. The van der Waals surface area contributed by atoms with Crippen LogP contribution in [0, 0.1) is 6.92 Å². The Kier molecular flexibility index (Phi) is 5.58. The maximum Gasteiger partial charge on any atom is 0.227 e. The van der Waals surface area contributed by atoms with Crippen molar-refractivity contribution < 1.29 is 9.53 Å². The third kappa shape index (κ3) is 4.08. The fourth-order valence-corrected chi connectivity index (χ4v) is 4.48. The van der Waals surface area contributed by atoms with Gasteiger partial charge in [0.05, 0.1) is 17.6 Å². The van der Waals surface area contributed by atoms with E-state index >= 15 is 0 Å². The van der Waals surface area contributed by atoms with Crippen LogP contribution in [0.25, 0.3) is 11.0 Å². The van der Waals surface area contributed by atoms with Crippen molar-refractivity contribution in [1.29, 1.82) is 0 Å². The molecule has 4 aromatic rings. The second kappa shape index (κ2) is 8.67. The fraction of sp³-hybridized carbons (Fsp3) is 0.231. The summed E-state index contributed by atoms with van der Waals surface area (Å²) < 4.78 is 8.14. The highest BCUT2D eigenvalue weighted by Gasteiger charge is 2.34. The molecular weight excluding hydrogens is 422 g/mol. The summed E-state index contributed by atoms with van der Waals surface area (Å²) in [5.74, 6) is 1.89. The third-order valence-electron chi connectivity index (χ3n) is 5.88. The zero-order chi connectivity index (χ0) is 22.1. The Balaban J connectivity index is 1.40. The van der Waals surface area contributed by atoms with Crippen LogP contribution in [0.4, 0.5) is 5.69 Å². The Morgan fingerprint density at radius 3 is 2.69 bits per heavy atom. The predicted octanol–water partition coefficient (Wildman–Crippen LogP) is 5.60. The lowest BCUT2D eigenvalue weighted by Crippen LogP contribution is -2.24. The summed E-state index contributed by atoms with van der Waals surface area (Å²) >= 11 is 5.96. The minimum atomic E-state index is 0.0333. The first-order valence-electron chi connectivity index (χ1n) is 10.8. The van der Waals surface area contributed by atoms with Crippen molar-refractivity contribution in [2.75, 3.05) is 18.1 Å². The van der Waals surface area contributed by atoms with E-state index in [1.807, 2.05) is 72.5 Å². The molecule has 162 valence electrons. The molecule has 1 fully saturated rings. The molecule has 1 unspecified atom stereocenters. The largest absolute Gasteiger partial charge is 0.492 e. The number of hydrogen-bond donors (Lipinski definition) is 0. The second-order valence-corrected chi connectivity index (χ2v) is 8.59. The van der Waals surface area contributed by atoms with Crippen molar-refractivity contribution in [3.63, 3.8) is 0 Å². The van der Waals surface area contributed by atoms with Gasteiger partial charge in [-0.15, -0.1) is 0 Å². The van der Waals surface area contributed by atoms with Crippen LogP contribution in [0.2, 0.25) is 5.02 Å². The zero-order valence-corrected chi connectivity index (χ0v) is 18.6. The fourth-order valence-electron chi connectivity index (χ4n) is 4.35. The topological polar surface area (TPSA) is 47.4 Å². The second-order valence-electron chi connectivity index (χ2n) is 8.16. The van der Waals surface area contributed by atoms with Gasteiger partial charge in [-0.3, -0.25) is 4.79 Å². The molecule has 0 aliphatic carbocycles. The highest BCUT2D eigenvalue weighted by molar-refractivity contribution is 6.30. The van der Waals surface area contributed by atoms with E-state index in [9.17, 15) is 4.79 Å². The van der Waals surface area contributed by atoms with Crippen molar-refractivity contribution in [2.45, 2.75) is 25.8 Å². The number of halogens is 1. The first-order valence-corrected chi connectivity index (χ1v) is 11.2. The molecule has 1 aliphatic rings. The zero-order valence-electron chi connectivity index (χ0n) is 17.9. The lowest BCUT2D eigenvalue weighted by Gasteiger charge is -2.18. The first kappa shape index (κ1) is 20.6. The van der Waals surface area contributed by atoms with Gasteiger partial charge in [0.15, 0.2) is 0 Å². The number of hydrogen-bond acceptors (Lipinski definition) is 3. The van der Waals surface area contributed by atoms with Crippen LogP contribution < -0.4 is 9.64 Å². The van der Waals surface area contributed by atoms with E-state index in [0.717, 1.165) is 33.9 Å². The summed E-state index contributed by atoms with van der Waals surface area (Å²) in [6.45, 7) is 3.82. The van der Waals surface area contributed by atoms with E-state index in [-0.39, 0.29) is 11.8 Å². The molecule has 0 spiro atoms. The minimum absolute atomic E-state index is 0.0333. The lowest BCUT2D eigenvalue weighted by atomic mass is 10.1. The Morgan fingerprint density at radius 2 is 1.88 bits per heavy atom. The van der Waals surface area contributed by atoms with Crippen molar-refractivity contribution in [2.24, 2.45) is 0 Å². The molecule has 1 atom stereocenters. The molecule has 0 N–H and O–H groups in total. The summed E-state index contributed by atoms with van der Waals surface area (Å²) in [4.78, 5) is 19.7. The average Bonchev–Trinajstić information content (AvgIpc) is 3.36. The van der Waals surface area contributed by atoms with Crippen molar-refractivity contribution in [3.05, 3.63) is 89.2 Å². The van der Waals surface area contributed by atoms with Gasteiger partial charge in [0, 0.05) is 29.6 Å². The normalized spacial score (nSPS) is 16.1. The molecule has 1 amide bonds. The maximum absolute atomic E-state index is 12.9. The smallest absolute Gasteiger partial charge is 0.227 e. The SMILES string of the molecule is Cc1cccc(N2CC(c3nc4ccccc4n3CCOc3ccc(Cl)cc3)CC2=O)c1. The van der Waals surface area contributed by atoms with Gasteiger partial charge in [-0.2, -0.15) is 0 Å². The van der Waals surface area contributed by atoms with E-state index in [1.54, 1.807) is 0 Å². The van der Waals surface area contributed by atoms with E-state index in [0.29, 0.717) is 31.1 Å². The van der Waals surface area contributed by atoms with Crippen molar-refractivity contribution in [3.8, 4) is 5.75 Å². The van der Waals surface area contributed by atoms with Crippen LogP contribution in [0.5, 0.6) is 5.75 Å². The standard InChI is InChI=1S/C26H24ClN3O2/c1-18-5-4-6-21(15-18)30-17-19(16-25(30)31)26-28-23-7-2-3-8-24(23)29(26)13-14-32-22-11-9-20(27)10-12-22/h2-12,15,19H,13-14,16-17H2,1H3. The van der Waals surface area contributed by atoms with Gasteiger partial charge in [-0.1, -0.05) is 35.9 Å². The number of anilines is 1. The molecule has 32 heavy (non-hydrogen) atoms. The van der Waals surface area contributed by atoms with Gasteiger partial charge in [-0.05, 0) is 61.0 Å². The van der Waals surface area contributed by atoms with Gasteiger partial charge in [0.2, 0.25) is 5.91 Å².